The van der Waals surface area contributed by atoms with Gasteiger partial charge in [-0.1, -0.05) is 95.3 Å². The zero-order valence-corrected chi connectivity index (χ0v) is 32.2. The van der Waals surface area contributed by atoms with Crippen molar-refractivity contribution in [2.24, 2.45) is 17.8 Å². The van der Waals surface area contributed by atoms with Crippen LogP contribution >= 0.6 is 0 Å². The second-order valence-electron chi connectivity index (χ2n) is 15.4. The molecule has 3 unspecified atom stereocenters. The molecule has 0 saturated carbocycles. The van der Waals surface area contributed by atoms with E-state index in [1.54, 1.807) is 6.92 Å². The Hall–Kier alpha value is -4.13. The molecular weight excluding hydrogens is 674 g/mol. The van der Waals surface area contributed by atoms with Crippen LogP contribution in [0.4, 0.5) is 0 Å². The standard InChI is InChI=1S/C41H59N5O7/c1-27(2)23-33(43-38(49)32(18-17-30-13-9-7-10-14-30)42-35(47)25-46-19-21-52-22-20-46)39(50)44-34(24-31-15-11-8-12-16-31)40(51)45-36(29(5)28(3)4)37(48)41(6)26-53-41/h7-16,27-29,32-34,36H,17-26H2,1-6H3,(H,42,47)(H,43,49)(H,44,50)(H,45,51)/t29-,32-,33?,34-,36?,41?/m0/s1. The van der Waals surface area contributed by atoms with Crippen molar-refractivity contribution >= 4 is 29.4 Å². The number of ketones is 1. The number of carbonyl (C=O) groups excluding carboxylic acids is 5. The third kappa shape index (κ3) is 13.0. The lowest BCUT2D eigenvalue weighted by Gasteiger charge is -2.31. The number of Topliss-reactive ketones (excluding diaryl/α,β-unsaturated/α-hetero) is 1. The van der Waals surface area contributed by atoms with Crippen molar-refractivity contribution in [1.29, 1.82) is 0 Å². The third-order valence-electron chi connectivity index (χ3n) is 10.2. The minimum Gasteiger partial charge on any atom is -0.379 e. The van der Waals surface area contributed by atoms with Gasteiger partial charge in [0.2, 0.25) is 23.6 Å². The van der Waals surface area contributed by atoms with Crippen LogP contribution < -0.4 is 21.3 Å². The van der Waals surface area contributed by atoms with E-state index < -0.39 is 47.5 Å². The number of epoxide rings is 1. The average Bonchev–Trinajstić information content (AvgIpc) is 3.90. The number of rotatable bonds is 20. The molecule has 2 fully saturated rings. The van der Waals surface area contributed by atoms with E-state index in [2.05, 4.69) is 21.3 Å². The predicted molar refractivity (Wildman–Crippen MR) is 203 cm³/mol. The molecule has 12 nitrogen and oxygen atoms in total. The van der Waals surface area contributed by atoms with E-state index in [4.69, 9.17) is 9.47 Å². The highest BCUT2D eigenvalue weighted by Gasteiger charge is 2.51. The van der Waals surface area contributed by atoms with Gasteiger partial charge < -0.3 is 30.7 Å². The molecule has 12 heteroatoms. The molecule has 2 saturated heterocycles. The number of ether oxygens (including phenoxy) is 2. The Balaban J connectivity index is 1.53. The molecule has 0 aliphatic carbocycles. The van der Waals surface area contributed by atoms with E-state index >= 15 is 0 Å². The first-order valence-corrected chi connectivity index (χ1v) is 19.0. The van der Waals surface area contributed by atoms with E-state index in [1.165, 1.54) is 0 Å². The molecular formula is C41H59N5O7. The molecule has 4 rings (SSSR count). The van der Waals surface area contributed by atoms with Gasteiger partial charge in [0.25, 0.3) is 0 Å². The number of carbonyl (C=O) groups is 5. The smallest absolute Gasteiger partial charge is 0.243 e. The van der Waals surface area contributed by atoms with Gasteiger partial charge in [0.1, 0.15) is 23.7 Å². The van der Waals surface area contributed by atoms with Crippen LogP contribution in [0.2, 0.25) is 0 Å². The maximum atomic E-state index is 14.1. The molecule has 0 bridgehead atoms. The lowest BCUT2D eigenvalue weighted by molar-refractivity contribution is -0.136. The Morgan fingerprint density at radius 2 is 1.28 bits per heavy atom. The van der Waals surface area contributed by atoms with E-state index in [0.29, 0.717) is 52.2 Å². The second kappa shape index (κ2) is 19.8. The summed E-state index contributed by atoms with van der Waals surface area (Å²) in [6, 6.07) is 15.3. The summed E-state index contributed by atoms with van der Waals surface area (Å²) in [4.78, 5) is 70.9. The summed E-state index contributed by atoms with van der Waals surface area (Å²) in [5.41, 5.74) is 0.893. The average molecular weight is 734 g/mol. The van der Waals surface area contributed by atoms with Crippen molar-refractivity contribution in [3.8, 4) is 0 Å². The maximum Gasteiger partial charge on any atom is 0.243 e. The number of nitrogens with zero attached hydrogens (tertiary/aromatic N) is 1. The summed E-state index contributed by atoms with van der Waals surface area (Å²) in [5, 5.41) is 11.7. The Kier molecular flexibility index (Phi) is 15.6. The Bertz CT molecular complexity index is 1510. The molecule has 2 aliphatic rings. The van der Waals surface area contributed by atoms with Crippen LogP contribution in [0.5, 0.6) is 0 Å². The number of hydrogen-bond donors (Lipinski definition) is 4. The minimum atomic E-state index is -1.04. The monoisotopic (exact) mass is 733 g/mol. The highest BCUT2D eigenvalue weighted by atomic mass is 16.6. The van der Waals surface area contributed by atoms with E-state index in [9.17, 15) is 24.0 Å². The molecule has 2 aromatic carbocycles. The highest BCUT2D eigenvalue weighted by Crippen LogP contribution is 2.31. The molecule has 4 N–H and O–H groups in total. The number of benzene rings is 2. The molecule has 0 radical (unpaired) electrons. The van der Waals surface area contributed by atoms with Gasteiger partial charge in [-0.3, -0.25) is 28.9 Å². The first kappa shape index (κ1) is 41.6. The summed E-state index contributed by atoms with van der Waals surface area (Å²) < 4.78 is 10.9. The largest absolute Gasteiger partial charge is 0.379 e. The summed E-state index contributed by atoms with van der Waals surface area (Å²) in [6.07, 6.45) is 1.33. The first-order chi connectivity index (χ1) is 25.3. The van der Waals surface area contributed by atoms with Crippen molar-refractivity contribution < 1.29 is 33.4 Å². The first-order valence-electron chi connectivity index (χ1n) is 19.0. The molecule has 0 spiro atoms. The van der Waals surface area contributed by atoms with Crippen molar-refractivity contribution in [3.05, 3.63) is 71.8 Å². The molecule has 2 heterocycles. The number of morpholine rings is 1. The number of nitrogens with one attached hydrogen (secondary N) is 4. The lowest BCUT2D eigenvalue weighted by atomic mass is 9.84. The van der Waals surface area contributed by atoms with Crippen LogP contribution in [0.1, 0.15) is 65.5 Å². The topological polar surface area (TPSA) is 158 Å². The normalized spacial score (nSPS) is 20.1. The van der Waals surface area contributed by atoms with Crippen LogP contribution in [-0.2, 0) is 46.3 Å². The molecule has 0 aromatic heterocycles. The van der Waals surface area contributed by atoms with Gasteiger partial charge in [0.15, 0.2) is 5.78 Å². The van der Waals surface area contributed by atoms with Crippen LogP contribution in [0.15, 0.2) is 60.7 Å². The number of aryl methyl sites for hydroxylation is 1. The summed E-state index contributed by atoms with van der Waals surface area (Å²) in [7, 11) is 0. The molecule has 290 valence electrons. The zero-order chi connectivity index (χ0) is 38.5. The molecule has 53 heavy (non-hydrogen) atoms. The van der Waals surface area contributed by atoms with Crippen molar-refractivity contribution in [1.82, 2.24) is 26.2 Å². The quantitative estimate of drug-likeness (QED) is 0.151. The van der Waals surface area contributed by atoms with Crippen LogP contribution in [-0.4, -0.2) is 104 Å². The van der Waals surface area contributed by atoms with Crippen LogP contribution in [0, 0.1) is 17.8 Å². The predicted octanol–water partition coefficient (Wildman–Crippen LogP) is 2.83. The van der Waals surface area contributed by atoms with Crippen molar-refractivity contribution in [3.63, 3.8) is 0 Å². The third-order valence-corrected chi connectivity index (χ3v) is 10.2. The number of amides is 4. The van der Waals surface area contributed by atoms with Gasteiger partial charge in [-0.15, -0.1) is 0 Å². The fourth-order valence-electron chi connectivity index (χ4n) is 6.39. The Morgan fingerprint density at radius 1 is 0.736 bits per heavy atom. The zero-order valence-electron chi connectivity index (χ0n) is 32.2. The molecule has 6 atom stereocenters. The van der Waals surface area contributed by atoms with E-state index in [-0.39, 0.29) is 42.4 Å². The van der Waals surface area contributed by atoms with Crippen molar-refractivity contribution in [2.45, 2.75) is 97.0 Å². The van der Waals surface area contributed by atoms with Gasteiger partial charge in [-0.25, -0.2) is 0 Å². The summed E-state index contributed by atoms with van der Waals surface area (Å²) in [5.74, 6) is -2.07. The molecule has 4 amide bonds. The van der Waals surface area contributed by atoms with Crippen LogP contribution in [0.3, 0.4) is 0 Å². The van der Waals surface area contributed by atoms with Crippen LogP contribution in [0.25, 0.3) is 0 Å². The summed E-state index contributed by atoms with van der Waals surface area (Å²) >= 11 is 0. The molecule has 2 aromatic rings. The Labute approximate surface area is 314 Å². The Morgan fingerprint density at radius 3 is 1.85 bits per heavy atom. The van der Waals surface area contributed by atoms with Gasteiger partial charge in [0, 0.05) is 19.5 Å². The SMILES string of the molecule is CC(C)CC(NC(=O)[C@H](CCc1ccccc1)NC(=O)CN1CCOCC1)C(=O)N[C@@H](Cc1ccccc1)C(=O)NC(C(=O)C1(C)CO1)[C@@H](C)C(C)C. The summed E-state index contributed by atoms with van der Waals surface area (Å²) in [6.45, 7) is 14.3. The van der Waals surface area contributed by atoms with E-state index in [0.717, 1.165) is 11.1 Å². The molecule has 2 aliphatic heterocycles. The van der Waals surface area contributed by atoms with Gasteiger partial charge in [-0.2, -0.15) is 0 Å². The van der Waals surface area contributed by atoms with Gasteiger partial charge >= 0.3 is 0 Å². The van der Waals surface area contributed by atoms with Gasteiger partial charge in [0.05, 0.1) is 32.4 Å². The lowest BCUT2D eigenvalue weighted by Crippen LogP contribution is -2.60. The minimum absolute atomic E-state index is 0.0132. The van der Waals surface area contributed by atoms with E-state index in [1.807, 2.05) is 100 Å². The fraction of sp³-hybridized carbons (Fsp3) is 0.585. The maximum absolute atomic E-state index is 14.1. The van der Waals surface area contributed by atoms with Gasteiger partial charge in [-0.05, 0) is 55.1 Å². The van der Waals surface area contributed by atoms with Crippen molar-refractivity contribution in [2.75, 3.05) is 39.5 Å². The second-order valence-corrected chi connectivity index (χ2v) is 15.4. The number of hydrogen-bond acceptors (Lipinski definition) is 8. The fourth-order valence-corrected chi connectivity index (χ4v) is 6.39. The highest BCUT2D eigenvalue weighted by molar-refractivity contribution is 5.99.